The van der Waals surface area contributed by atoms with Crippen LogP contribution in [0, 0.1) is 11.3 Å². The number of nitrogens with zero attached hydrogens (tertiary/aromatic N) is 6. The molecule has 8 heteroatoms. The quantitative estimate of drug-likeness (QED) is 0.411. The first-order chi connectivity index (χ1) is 17.1. The number of rotatable bonds is 7. The zero-order chi connectivity index (χ0) is 24.4. The molecule has 0 radical (unpaired) electrons. The summed E-state index contributed by atoms with van der Waals surface area (Å²) in [6.07, 6.45) is 8.08. The molecule has 4 aromatic rings. The number of anilines is 1. The highest BCUT2D eigenvalue weighted by molar-refractivity contribution is 5.75. The summed E-state index contributed by atoms with van der Waals surface area (Å²) in [5.41, 5.74) is 6.88. The van der Waals surface area contributed by atoms with Crippen LogP contribution in [0.4, 0.5) is 5.82 Å². The number of ether oxygens (including phenoxy) is 1. The van der Waals surface area contributed by atoms with Crippen LogP contribution in [0.5, 0.6) is 5.75 Å². The lowest BCUT2D eigenvalue weighted by atomic mass is 10.0. The maximum Gasteiger partial charge on any atom is 0.166 e. The van der Waals surface area contributed by atoms with Crippen molar-refractivity contribution in [3.05, 3.63) is 71.2 Å². The summed E-state index contributed by atoms with van der Waals surface area (Å²) < 4.78 is 7.47. The van der Waals surface area contributed by atoms with E-state index in [2.05, 4.69) is 40.3 Å². The van der Waals surface area contributed by atoms with Gasteiger partial charge in [-0.2, -0.15) is 10.4 Å². The average Bonchev–Trinajstić information content (AvgIpc) is 3.55. The molecule has 0 spiro atoms. The molecule has 0 bridgehead atoms. The SMILES string of the molecule is COc1cnn(C(C)C)c1-c1nc(NCc2ccc(-c3ccccn3)nc2)c2c(c1C#N)CCC2. The molecule has 1 N–H and O–H groups in total. The van der Waals surface area contributed by atoms with Gasteiger partial charge < -0.3 is 10.1 Å². The molecule has 0 amide bonds. The highest BCUT2D eigenvalue weighted by Gasteiger charge is 2.28. The van der Waals surface area contributed by atoms with Crippen molar-refractivity contribution >= 4 is 5.82 Å². The molecule has 176 valence electrons. The topological polar surface area (TPSA) is 102 Å². The Morgan fingerprint density at radius 3 is 2.60 bits per heavy atom. The molecule has 1 aliphatic carbocycles. The lowest BCUT2D eigenvalue weighted by Gasteiger charge is -2.18. The van der Waals surface area contributed by atoms with E-state index in [9.17, 15) is 5.26 Å². The Kier molecular flexibility index (Phi) is 6.15. The van der Waals surface area contributed by atoms with Crippen LogP contribution in [0.25, 0.3) is 22.8 Å². The van der Waals surface area contributed by atoms with Gasteiger partial charge in [-0.3, -0.25) is 14.6 Å². The van der Waals surface area contributed by atoms with Gasteiger partial charge in [0.1, 0.15) is 23.3 Å². The first-order valence-corrected chi connectivity index (χ1v) is 11.8. The van der Waals surface area contributed by atoms with Gasteiger partial charge in [0.25, 0.3) is 0 Å². The third-order valence-corrected chi connectivity index (χ3v) is 6.28. The van der Waals surface area contributed by atoms with Crippen LogP contribution in [-0.2, 0) is 19.4 Å². The monoisotopic (exact) mass is 465 g/mol. The standard InChI is InChI=1S/C27H27N7O/c1-17(2)34-26(24(35-3)16-32-34)25-21(13-28)19-7-6-8-20(19)27(33-25)31-15-18-10-11-23(30-14-18)22-9-4-5-12-29-22/h4-5,9-12,14,16-17H,6-8,15H2,1-3H3,(H,31,33). The van der Waals surface area contributed by atoms with E-state index >= 15 is 0 Å². The van der Waals surface area contributed by atoms with Crippen molar-refractivity contribution < 1.29 is 4.74 Å². The number of aromatic nitrogens is 5. The second-order valence-electron chi connectivity index (χ2n) is 8.83. The Morgan fingerprint density at radius 1 is 1.09 bits per heavy atom. The Hall–Kier alpha value is -4.25. The first kappa shape index (κ1) is 22.5. The van der Waals surface area contributed by atoms with Crippen LogP contribution in [0.15, 0.2) is 48.9 Å². The minimum Gasteiger partial charge on any atom is -0.493 e. The fraction of sp³-hybridized carbons (Fsp3) is 0.296. The predicted octanol–water partition coefficient (Wildman–Crippen LogP) is 4.96. The van der Waals surface area contributed by atoms with E-state index < -0.39 is 0 Å². The van der Waals surface area contributed by atoms with Gasteiger partial charge >= 0.3 is 0 Å². The van der Waals surface area contributed by atoms with Gasteiger partial charge in [-0.1, -0.05) is 12.1 Å². The molecule has 5 rings (SSSR count). The molecule has 4 aromatic heterocycles. The third-order valence-electron chi connectivity index (χ3n) is 6.28. The van der Waals surface area contributed by atoms with Crippen LogP contribution >= 0.6 is 0 Å². The second kappa shape index (κ2) is 9.55. The van der Waals surface area contributed by atoms with Crippen LogP contribution in [-0.4, -0.2) is 31.8 Å². The largest absolute Gasteiger partial charge is 0.493 e. The minimum atomic E-state index is 0.0931. The van der Waals surface area contributed by atoms with Crippen molar-refractivity contribution in [2.24, 2.45) is 0 Å². The molecule has 0 saturated carbocycles. The van der Waals surface area contributed by atoms with Crippen LogP contribution in [0.1, 0.15) is 48.6 Å². The molecule has 0 fully saturated rings. The number of nitrogens with one attached hydrogen (secondary N) is 1. The molecule has 4 heterocycles. The van der Waals surface area contributed by atoms with Crippen LogP contribution in [0.2, 0.25) is 0 Å². The summed E-state index contributed by atoms with van der Waals surface area (Å²) in [4.78, 5) is 13.9. The average molecular weight is 466 g/mol. The number of fused-ring (bicyclic) bond motifs is 1. The zero-order valence-corrected chi connectivity index (χ0v) is 20.1. The molecular formula is C27H27N7O. The van der Waals surface area contributed by atoms with E-state index in [-0.39, 0.29) is 6.04 Å². The van der Waals surface area contributed by atoms with Gasteiger partial charge in [0, 0.05) is 25.0 Å². The Labute approximate surface area is 204 Å². The lowest BCUT2D eigenvalue weighted by Crippen LogP contribution is -2.11. The van der Waals surface area contributed by atoms with E-state index in [0.29, 0.717) is 23.6 Å². The van der Waals surface area contributed by atoms with Gasteiger partial charge in [-0.05, 0) is 68.0 Å². The lowest BCUT2D eigenvalue weighted by molar-refractivity contribution is 0.414. The summed E-state index contributed by atoms with van der Waals surface area (Å²) in [5, 5.41) is 18.1. The number of methoxy groups -OCH3 is 1. The van der Waals surface area contributed by atoms with Gasteiger partial charge in [-0.15, -0.1) is 0 Å². The Morgan fingerprint density at radius 2 is 1.91 bits per heavy atom. The maximum atomic E-state index is 10.1. The third kappa shape index (κ3) is 4.21. The van der Waals surface area contributed by atoms with E-state index in [4.69, 9.17) is 9.72 Å². The number of hydrogen-bond acceptors (Lipinski definition) is 7. The normalized spacial score (nSPS) is 12.4. The van der Waals surface area contributed by atoms with Gasteiger partial charge in [0.2, 0.25) is 0 Å². The molecular weight excluding hydrogens is 438 g/mol. The molecule has 0 aromatic carbocycles. The van der Waals surface area contributed by atoms with E-state index in [1.165, 1.54) is 0 Å². The Balaban J connectivity index is 1.50. The second-order valence-corrected chi connectivity index (χ2v) is 8.83. The van der Waals surface area contributed by atoms with Crippen molar-refractivity contribution in [2.45, 2.75) is 45.7 Å². The molecule has 0 atom stereocenters. The van der Waals surface area contributed by atoms with E-state index in [1.807, 2.05) is 41.2 Å². The number of nitriles is 1. The Bertz CT molecular complexity index is 1390. The van der Waals surface area contributed by atoms with Gasteiger partial charge in [0.05, 0.1) is 30.3 Å². The highest BCUT2D eigenvalue weighted by Crippen LogP contribution is 2.39. The highest BCUT2D eigenvalue weighted by atomic mass is 16.5. The smallest absolute Gasteiger partial charge is 0.166 e. The van der Waals surface area contributed by atoms with Crippen molar-refractivity contribution in [1.29, 1.82) is 5.26 Å². The first-order valence-electron chi connectivity index (χ1n) is 11.8. The predicted molar refractivity (Wildman–Crippen MR) is 134 cm³/mol. The van der Waals surface area contributed by atoms with Crippen LogP contribution in [0.3, 0.4) is 0 Å². The maximum absolute atomic E-state index is 10.1. The van der Waals surface area contributed by atoms with Crippen molar-refractivity contribution in [3.8, 4) is 34.6 Å². The summed E-state index contributed by atoms with van der Waals surface area (Å²) >= 11 is 0. The molecule has 8 nitrogen and oxygen atoms in total. The van der Waals surface area contributed by atoms with E-state index in [0.717, 1.165) is 58.9 Å². The zero-order valence-electron chi connectivity index (χ0n) is 20.1. The molecule has 0 aliphatic heterocycles. The number of pyridine rings is 3. The fourth-order valence-corrected chi connectivity index (χ4v) is 4.59. The van der Waals surface area contributed by atoms with Crippen LogP contribution < -0.4 is 10.1 Å². The fourth-order valence-electron chi connectivity index (χ4n) is 4.59. The van der Waals surface area contributed by atoms with Crippen molar-refractivity contribution in [3.63, 3.8) is 0 Å². The molecule has 35 heavy (non-hydrogen) atoms. The van der Waals surface area contributed by atoms with Gasteiger partial charge in [0.15, 0.2) is 5.75 Å². The van der Waals surface area contributed by atoms with Crippen molar-refractivity contribution in [1.82, 2.24) is 24.7 Å². The summed E-state index contributed by atoms with van der Waals surface area (Å²) in [6.45, 7) is 4.67. The number of hydrogen-bond donors (Lipinski definition) is 1. The minimum absolute atomic E-state index is 0.0931. The van der Waals surface area contributed by atoms with E-state index in [1.54, 1.807) is 19.5 Å². The summed E-state index contributed by atoms with van der Waals surface area (Å²) in [6, 6.07) is 12.3. The van der Waals surface area contributed by atoms with Gasteiger partial charge in [-0.25, -0.2) is 4.98 Å². The summed E-state index contributed by atoms with van der Waals surface area (Å²) in [5.74, 6) is 1.42. The molecule has 0 saturated heterocycles. The van der Waals surface area contributed by atoms with Crippen molar-refractivity contribution in [2.75, 3.05) is 12.4 Å². The molecule has 0 unspecified atom stereocenters. The molecule has 1 aliphatic rings. The summed E-state index contributed by atoms with van der Waals surface area (Å²) in [7, 11) is 1.62.